The summed E-state index contributed by atoms with van der Waals surface area (Å²) in [6.07, 6.45) is 16.5. The van der Waals surface area contributed by atoms with E-state index in [1.165, 1.54) is 94.5 Å². The number of aromatic amines is 1. The van der Waals surface area contributed by atoms with Gasteiger partial charge in [0.15, 0.2) is 29.1 Å². The number of nitrogens with zero attached hydrogens (tertiary/aromatic N) is 9. The number of aromatic nitrogens is 4. The van der Waals surface area contributed by atoms with Crippen LogP contribution in [-0.4, -0.2) is 216 Å². The number of carbonyl (C=O) groups excluding carboxylic acids is 2. The van der Waals surface area contributed by atoms with Gasteiger partial charge in [-0.1, -0.05) is 110 Å². The highest BCUT2D eigenvalue weighted by atomic mass is 16.5. The molecule has 25 rings (SSSR count). The van der Waals surface area contributed by atoms with Crippen LogP contribution in [0.25, 0.3) is 32.7 Å². The number of phenolic OH excluding ortho intramolecular Hbond substituents is 5. The van der Waals surface area contributed by atoms with Crippen molar-refractivity contribution in [1.82, 2.24) is 48.9 Å². The molecule has 7 N–H and O–H groups in total. The molecule has 135 heavy (non-hydrogen) atoms. The van der Waals surface area contributed by atoms with E-state index >= 15 is 0 Å². The standard InChI is InChI=1S/C28H39N3O3.C26H26N2O3.2C23H24N2O.C15H21NO2/c1-15(2)31(16(3)4)27(33)25-17(5)19-13-20-22-12-18-8-9-23(34-7)26(32)24(18)28(20,10-11-30(22)6)14-21(19)29-25;1-27-11-9-25-20-15-7-8-18(29)23(20)31-24(25)22-17(13-26(25,30)19(27)12-15)16-6-2-4-14-5-3-10-28(22)21(14)16;2*1-25-10-9-23(18-6-4-7-20(26)13-18)14-22-17(12-19(23)15-25)11-16-5-2-3-8-21(16)24-22;1-3-14(18)15(7-9-16(2)10-8-15)12-5-4-6-13(17)11-12/h8-9,15-16,20,22,29,32H,10-14H2,1-7H3;2,4,6-8,19,24,29-30H,3,5,9-13H2,1H3;2*2-8,11,13,19,26H,9-10,12,14-15H2,1H3;4-6,11,17H,3,7-10H2,1-2H3/t20-,22+,28-;19-,24?,25+,26-;2*19-,23+;/m0110./s1. The van der Waals surface area contributed by atoms with Gasteiger partial charge in [-0.05, 0) is 351 Å². The molecule has 704 valence electrons. The Morgan fingerprint density at radius 1 is 0.548 bits per heavy atom. The van der Waals surface area contributed by atoms with Crippen LogP contribution < -0.4 is 9.47 Å². The van der Waals surface area contributed by atoms with E-state index in [0.717, 1.165) is 201 Å². The number of ketones is 1. The molecule has 6 aliphatic carbocycles. The van der Waals surface area contributed by atoms with Crippen molar-refractivity contribution in [3.8, 4) is 40.2 Å². The number of likely N-dealkylation sites (N-methyl/N-ethyl adjacent to an activating group) is 2. The molecule has 5 saturated heterocycles. The van der Waals surface area contributed by atoms with Gasteiger partial charge in [0, 0.05) is 130 Å². The number of ether oxygens (including phenoxy) is 2. The predicted octanol–water partition coefficient (Wildman–Crippen LogP) is 17.6. The fourth-order valence-corrected chi connectivity index (χ4v) is 28.7. The summed E-state index contributed by atoms with van der Waals surface area (Å²) in [5, 5.41) is 68.3. The number of methoxy groups -OCH3 is 1. The summed E-state index contributed by atoms with van der Waals surface area (Å²) in [6.45, 7) is 21.5. The molecule has 20 heteroatoms. The van der Waals surface area contributed by atoms with E-state index in [4.69, 9.17) is 19.4 Å². The molecule has 0 radical (unpaired) electrons. The zero-order chi connectivity index (χ0) is 93.8. The highest BCUT2D eigenvalue weighted by Gasteiger charge is 2.73. The third kappa shape index (κ3) is 14.7. The summed E-state index contributed by atoms with van der Waals surface area (Å²) >= 11 is 0. The number of benzene rings is 8. The minimum atomic E-state index is -0.910. The van der Waals surface area contributed by atoms with Crippen LogP contribution in [0, 0.1) is 24.7 Å². The molecule has 1 unspecified atom stereocenters. The van der Waals surface area contributed by atoms with Crippen LogP contribution in [-0.2, 0) is 103 Å². The molecule has 7 aliphatic heterocycles. The van der Waals surface area contributed by atoms with E-state index < -0.39 is 11.0 Å². The number of likely N-dealkylation sites (tertiary alicyclic amines) is 5. The summed E-state index contributed by atoms with van der Waals surface area (Å²) in [4.78, 5) is 53.7. The Labute approximate surface area is 794 Å². The van der Waals surface area contributed by atoms with Gasteiger partial charge in [0.05, 0.1) is 45.8 Å². The second-order valence-electron chi connectivity index (χ2n) is 43.1. The number of nitrogens with one attached hydrogen (secondary N) is 1. The van der Waals surface area contributed by atoms with Gasteiger partial charge in [-0.15, -0.1) is 0 Å². The summed E-state index contributed by atoms with van der Waals surface area (Å²) in [7, 11) is 12.5. The monoisotopic (exact) mass is 1820 g/mol. The first-order chi connectivity index (χ1) is 65.0. The fourth-order valence-electron chi connectivity index (χ4n) is 28.7. The second kappa shape index (κ2) is 34.6. The number of hydrogen-bond acceptors (Lipinski definition) is 17. The van der Waals surface area contributed by atoms with Gasteiger partial charge >= 0.3 is 0 Å². The lowest BCUT2D eigenvalue weighted by Gasteiger charge is -2.62. The maximum Gasteiger partial charge on any atom is 0.271 e. The number of phenols is 5. The SMILES string of the molecule is CCC(=O)C1(c2cccc(O)c2)CCN(C)CC1.CN1CC[C@@]2(c3cccc(O)c3)Cc3nc4ccccc4cc3C[C@@H]2C1.CN1CC[C@]2(c3cccc(O)c3)Cc3nc4ccccc4cc3C[C@H]2C1.CN1CC[C@]23c4c5ccc(O)c4OC2c2c(c4cccc6c4n2CCC6)C[C@@]3(O)[C@H]1C5.COc1ccc2c(c1O)[C@]13CCN(C)[C@H](C2)[C@@H]1Cc1c([nH]c(C(=O)N(C(C)C)C(C)C)c1C)C3. The van der Waals surface area contributed by atoms with Crippen molar-refractivity contribution in [1.29, 1.82) is 0 Å². The smallest absolute Gasteiger partial charge is 0.271 e. The number of aromatic hydroxyl groups is 5. The molecule has 1 spiro atoms. The van der Waals surface area contributed by atoms with Crippen molar-refractivity contribution >= 4 is 44.4 Å². The first kappa shape index (κ1) is 90.4. The molecule has 11 heterocycles. The number of aryl methyl sites for hydroxylation is 2. The highest BCUT2D eigenvalue weighted by Crippen LogP contribution is 2.70. The Bertz CT molecular complexity index is 6480. The van der Waals surface area contributed by atoms with E-state index in [2.05, 4.69) is 207 Å². The van der Waals surface area contributed by atoms with E-state index in [9.17, 15) is 40.2 Å². The number of carbonyl (C=O) groups is 2. The topological polar surface area (TPSA) is 240 Å². The van der Waals surface area contributed by atoms with Crippen LogP contribution in [0.5, 0.6) is 40.2 Å². The predicted molar refractivity (Wildman–Crippen MR) is 532 cm³/mol. The Hall–Kier alpha value is -11.1. The first-order valence-electron chi connectivity index (χ1n) is 49.9. The number of piperidine rings is 5. The third-order valence-corrected chi connectivity index (χ3v) is 35.4. The number of fused-ring (bicyclic) bond motifs is 12. The van der Waals surface area contributed by atoms with Crippen LogP contribution in [0.3, 0.4) is 0 Å². The average molecular weight is 1820 g/mol. The lowest BCUT2D eigenvalue weighted by molar-refractivity contribution is -0.168. The van der Waals surface area contributed by atoms with Crippen molar-refractivity contribution in [2.24, 2.45) is 17.8 Å². The van der Waals surface area contributed by atoms with Crippen LogP contribution in [0.4, 0.5) is 0 Å². The van der Waals surface area contributed by atoms with Gasteiger partial charge in [-0.2, -0.15) is 0 Å². The maximum absolute atomic E-state index is 13.6. The molecule has 4 aromatic heterocycles. The lowest BCUT2D eigenvalue weighted by Crippen LogP contribution is -2.74. The van der Waals surface area contributed by atoms with Gasteiger partial charge in [-0.25, -0.2) is 0 Å². The van der Waals surface area contributed by atoms with Crippen LogP contribution in [0.1, 0.15) is 198 Å². The average Bonchev–Trinajstić information content (AvgIpc) is 1.49. The number of rotatable bonds is 9. The van der Waals surface area contributed by atoms with Crippen LogP contribution in [0.15, 0.2) is 176 Å². The van der Waals surface area contributed by atoms with Crippen molar-refractivity contribution in [2.75, 3.05) is 94.7 Å². The number of aliphatic hydroxyl groups is 1. The van der Waals surface area contributed by atoms with Gasteiger partial charge < -0.3 is 79.1 Å². The molecule has 8 aromatic carbocycles. The minimum absolute atomic E-state index is 0.0511. The van der Waals surface area contributed by atoms with E-state index in [1.807, 2.05) is 54.3 Å². The number of pyridine rings is 2. The zero-order valence-electron chi connectivity index (χ0n) is 80.8. The number of hydrogen-bond donors (Lipinski definition) is 7. The summed E-state index contributed by atoms with van der Waals surface area (Å²) < 4.78 is 14.7. The summed E-state index contributed by atoms with van der Waals surface area (Å²) in [5.41, 5.74) is 23.4. The minimum Gasteiger partial charge on any atom is -0.508 e. The van der Waals surface area contributed by atoms with Crippen molar-refractivity contribution in [3.05, 3.63) is 277 Å². The molecular weight excluding hydrogens is 1680 g/mol. The second-order valence-corrected chi connectivity index (χ2v) is 43.1. The quantitative estimate of drug-likeness (QED) is 0.0711. The molecule has 4 bridgehead atoms. The number of para-hydroxylation sites is 3. The summed E-state index contributed by atoms with van der Waals surface area (Å²) in [6, 6.07) is 59.9. The molecule has 5 fully saturated rings. The van der Waals surface area contributed by atoms with E-state index in [0.29, 0.717) is 71.2 Å². The molecule has 20 nitrogen and oxygen atoms in total. The molecule has 1 amide bonds. The van der Waals surface area contributed by atoms with Gasteiger partial charge in [-0.3, -0.25) is 19.6 Å². The van der Waals surface area contributed by atoms with Gasteiger partial charge in [0.1, 0.15) is 28.7 Å². The van der Waals surface area contributed by atoms with Gasteiger partial charge in [0.2, 0.25) is 0 Å². The fraction of sp³-hybridized carbons (Fsp3) is 0.461. The Morgan fingerprint density at radius 3 is 1.71 bits per heavy atom. The van der Waals surface area contributed by atoms with Crippen molar-refractivity contribution in [3.63, 3.8) is 0 Å². The first-order valence-corrected chi connectivity index (χ1v) is 49.9. The third-order valence-electron chi connectivity index (χ3n) is 35.4. The lowest BCUT2D eigenvalue weighted by atomic mass is 9.49. The van der Waals surface area contributed by atoms with E-state index in [1.54, 1.807) is 37.4 Å². The maximum atomic E-state index is 13.6. The Morgan fingerprint density at radius 2 is 1.11 bits per heavy atom. The molecule has 0 saturated carbocycles. The number of Topliss-reactive ketones (excluding diaryl/α,β-unsaturated/α-hetero) is 1. The van der Waals surface area contributed by atoms with Crippen LogP contribution >= 0.6 is 0 Å². The molecule has 11 atom stereocenters. The number of H-pyrrole nitrogens is 1. The molecular formula is C115H134N10O10. The highest BCUT2D eigenvalue weighted by molar-refractivity contribution is 5.95. The Kier molecular flexibility index (Phi) is 23.1. The van der Waals surface area contributed by atoms with Crippen molar-refractivity contribution < 1.29 is 49.7 Å². The summed E-state index contributed by atoms with van der Waals surface area (Å²) in [5.74, 6) is 4.55. The van der Waals surface area contributed by atoms with Gasteiger partial charge in [0.25, 0.3) is 5.91 Å². The number of amides is 1. The van der Waals surface area contributed by atoms with E-state index in [-0.39, 0.29) is 63.3 Å². The van der Waals surface area contributed by atoms with Crippen molar-refractivity contribution in [2.45, 2.75) is 227 Å². The normalized spacial score (nSPS) is 26.9. The molecule has 12 aromatic rings. The Balaban J connectivity index is 0.000000102. The molecule has 13 aliphatic rings. The largest absolute Gasteiger partial charge is 0.508 e. The zero-order valence-corrected chi connectivity index (χ0v) is 80.8. The van der Waals surface area contributed by atoms with Crippen LogP contribution in [0.2, 0.25) is 0 Å².